The molecule has 2 aromatic rings. The van der Waals surface area contributed by atoms with Crippen LogP contribution in [0, 0.1) is 5.92 Å². The van der Waals surface area contributed by atoms with Crippen molar-refractivity contribution in [2.75, 3.05) is 19.7 Å². The van der Waals surface area contributed by atoms with Crippen molar-refractivity contribution in [1.29, 1.82) is 0 Å². The van der Waals surface area contributed by atoms with E-state index in [0.29, 0.717) is 24.2 Å². The number of unbranched alkanes of at least 4 members (excludes halogenated alkanes) is 1. The highest BCUT2D eigenvalue weighted by Crippen LogP contribution is 2.35. The van der Waals surface area contributed by atoms with Gasteiger partial charge in [-0.15, -0.1) is 0 Å². The van der Waals surface area contributed by atoms with Crippen LogP contribution in [0.5, 0.6) is 0 Å². The van der Waals surface area contributed by atoms with Crippen molar-refractivity contribution in [2.24, 2.45) is 16.8 Å². The zero-order valence-electron chi connectivity index (χ0n) is 20.7. The normalized spacial score (nSPS) is 20.0. The van der Waals surface area contributed by atoms with E-state index in [9.17, 15) is 9.59 Å². The Hall–Kier alpha value is -2.99. The predicted octanol–water partition coefficient (Wildman–Crippen LogP) is 5.03. The molecule has 0 bridgehead atoms. The van der Waals surface area contributed by atoms with Gasteiger partial charge in [-0.05, 0) is 67.2 Å². The van der Waals surface area contributed by atoms with Gasteiger partial charge in [0.05, 0.1) is 19.2 Å². The number of fused-ring (bicyclic) bond motifs is 1. The van der Waals surface area contributed by atoms with Crippen LogP contribution in [-0.4, -0.2) is 42.7 Å². The molecule has 0 spiro atoms. The smallest absolute Gasteiger partial charge is 0.306 e. The quantitative estimate of drug-likeness (QED) is 0.238. The Morgan fingerprint density at radius 2 is 1.83 bits per heavy atom. The lowest BCUT2D eigenvalue weighted by molar-refractivity contribution is -0.145. The Labute approximate surface area is 208 Å². The van der Waals surface area contributed by atoms with Gasteiger partial charge in [0, 0.05) is 30.3 Å². The van der Waals surface area contributed by atoms with Gasteiger partial charge >= 0.3 is 5.97 Å². The number of ketones is 1. The summed E-state index contributed by atoms with van der Waals surface area (Å²) < 4.78 is 5.34. The highest BCUT2D eigenvalue weighted by Gasteiger charge is 2.29. The van der Waals surface area contributed by atoms with Crippen molar-refractivity contribution in [3.63, 3.8) is 0 Å². The maximum absolute atomic E-state index is 13.2. The van der Waals surface area contributed by atoms with Crippen LogP contribution < -0.4 is 5.73 Å². The van der Waals surface area contributed by atoms with Crippen LogP contribution >= 0.6 is 0 Å². The number of benzene rings is 2. The standard InChI is InChI=1S/C29H37N3O3/c1-2-3-17-35-27(33)19-24-13-11-22-12-14-25(18-26(22)28(24)30)29(34)23-9-7-21(8-10-23)20-31-32-15-5-4-6-16-32/h7-10,12,14,18,20,24,28H,2-6,11,13,15-17,19,30H2,1H3. The summed E-state index contributed by atoms with van der Waals surface area (Å²) in [6.07, 6.45) is 9.44. The molecule has 6 nitrogen and oxygen atoms in total. The number of piperidine rings is 1. The molecule has 2 N–H and O–H groups in total. The lowest BCUT2D eigenvalue weighted by atomic mass is 9.77. The van der Waals surface area contributed by atoms with Crippen LogP contribution in [-0.2, 0) is 16.0 Å². The third-order valence-electron chi connectivity index (χ3n) is 7.12. The number of ether oxygens (including phenoxy) is 1. The van der Waals surface area contributed by atoms with E-state index in [4.69, 9.17) is 10.5 Å². The fourth-order valence-electron chi connectivity index (χ4n) is 4.91. The molecule has 35 heavy (non-hydrogen) atoms. The van der Waals surface area contributed by atoms with Crippen LogP contribution in [0.2, 0.25) is 0 Å². The van der Waals surface area contributed by atoms with E-state index in [1.807, 2.05) is 48.7 Å². The van der Waals surface area contributed by atoms with E-state index in [1.54, 1.807) is 0 Å². The second-order valence-corrected chi connectivity index (χ2v) is 9.73. The molecule has 1 aliphatic carbocycles. The molecule has 0 amide bonds. The summed E-state index contributed by atoms with van der Waals surface area (Å²) in [6, 6.07) is 13.1. The maximum Gasteiger partial charge on any atom is 0.306 e. The summed E-state index contributed by atoms with van der Waals surface area (Å²) >= 11 is 0. The topological polar surface area (TPSA) is 85.0 Å². The zero-order chi connectivity index (χ0) is 24.6. The van der Waals surface area contributed by atoms with E-state index in [2.05, 4.69) is 17.0 Å². The second-order valence-electron chi connectivity index (χ2n) is 9.73. The van der Waals surface area contributed by atoms with Gasteiger partial charge in [-0.1, -0.05) is 49.7 Å². The molecule has 2 aromatic carbocycles. The molecule has 4 rings (SSSR count). The Balaban J connectivity index is 1.41. The number of carbonyl (C=O) groups excluding carboxylic acids is 2. The highest BCUT2D eigenvalue weighted by molar-refractivity contribution is 6.09. The average molecular weight is 476 g/mol. The number of nitrogens with zero attached hydrogens (tertiary/aromatic N) is 2. The molecule has 186 valence electrons. The number of hydrogen-bond donors (Lipinski definition) is 1. The number of hydrazone groups is 1. The first-order valence-electron chi connectivity index (χ1n) is 13.0. The minimum absolute atomic E-state index is 0.0272. The molecular formula is C29H37N3O3. The molecule has 0 saturated carbocycles. The summed E-state index contributed by atoms with van der Waals surface area (Å²) in [6.45, 7) is 4.55. The number of nitrogens with two attached hydrogens (primary N) is 1. The SMILES string of the molecule is CCCCOC(=O)CC1CCc2ccc(C(=O)c3ccc(C=NN4CCCCC4)cc3)cc2C1N. The number of rotatable bonds is 9. The van der Waals surface area contributed by atoms with Gasteiger partial charge in [0.2, 0.25) is 0 Å². The van der Waals surface area contributed by atoms with E-state index in [-0.39, 0.29) is 23.7 Å². The van der Waals surface area contributed by atoms with Gasteiger partial charge in [-0.3, -0.25) is 14.6 Å². The van der Waals surface area contributed by atoms with Crippen molar-refractivity contribution >= 4 is 18.0 Å². The number of aryl methyl sites for hydroxylation is 1. The fourth-order valence-corrected chi connectivity index (χ4v) is 4.91. The van der Waals surface area contributed by atoms with Crippen LogP contribution in [0.3, 0.4) is 0 Å². The van der Waals surface area contributed by atoms with Crippen LogP contribution in [0.1, 0.15) is 90.5 Å². The van der Waals surface area contributed by atoms with Crippen LogP contribution in [0.15, 0.2) is 47.6 Å². The molecule has 1 fully saturated rings. The fraction of sp³-hybridized carbons (Fsp3) is 0.483. The predicted molar refractivity (Wildman–Crippen MR) is 139 cm³/mol. The Morgan fingerprint density at radius 1 is 1.09 bits per heavy atom. The Morgan fingerprint density at radius 3 is 2.57 bits per heavy atom. The van der Waals surface area contributed by atoms with Gasteiger partial charge in [-0.25, -0.2) is 0 Å². The van der Waals surface area contributed by atoms with E-state index in [1.165, 1.54) is 19.3 Å². The van der Waals surface area contributed by atoms with Crippen LogP contribution in [0.4, 0.5) is 0 Å². The number of carbonyl (C=O) groups is 2. The molecule has 2 atom stereocenters. The van der Waals surface area contributed by atoms with Crippen molar-refractivity contribution in [3.8, 4) is 0 Å². The van der Waals surface area contributed by atoms with Crippen molar-refractivity contribution < 1.29 is 14.3 Å². The highest BCUT2D eigenvalue weighted by atomic mass is 16.5. The summed E-state index contributed by atoms with van der Waals surface area (Å²) in [5, 5.41) is 6.68. The van der Waals surface area contributed by atoms with E-state index in [0.717, 1.165) is 55.5 Å². The summed E-state index contributed by atoms with van der Waals surface area (Å²) in [4.78, 5) is 25.4. The van der Waals surface area contributed by atoms with Gasteiger partial charge in [0.25, 0.3) is 0 Å². The molecular weight excluding hydrogens is 438 g/mol. The van der Waals surface area contributed by atoms with Gasteiger partial charge < -0.3 is 10.5 Å². The summed E-state index contributed by atoms with van der Waals surface area (Å²) in [7, 11) is 0. The third-order valence-corrected chi connectivity index (χ3v) is 7.12. The van der Waals surface area contributed by atoms with E-state index >= 15 is 0 Å². The second kappa shape index (κ2) is 12.1. The maximum atomic E-state index is 13.2. The van der Waals surface area contributed by atoms with Crippen molar-refractivity contribution in [1.82, 2.24) is 5.01 Å². The molecule has 0 radical (unpaired) electrons. The monoisotopic (exact) mass is 475 g/mol. The lowest BCUT2D eigenvalue weighted by Gasteiger charge is -2.31. The number of esters is 1. The Bertz CT molecular complexity index is 1040. The zero-order valence-corrected chi connectivity index (χ0v) is 20.7. The molecule has 2 aliphatic rings. The lowest BCUT2D eigenvalue weighted by Crippen LogP contribution is -2.30. The van der Waals surface area contributed by atoms with Gasteiger partial charge in [0.15, 0.2) is 5.78 Å². The average Bonchev–Trinajstić information content (AvgIpc) is 2.89. The van der Waals surface area contributed by atoms with Gasteiger partial charge in [-0.2, -0.15) is 5.10 Å². The molecule has 1 heterocycles. The van der Waals surface area contributed by atoms with Crippen molar-refractivity contribution in [3.05, 3.63) is 70.3 Å². The Kier molecular flexibility index (Phi) is 8.69. The molecule has 0 aromatic heterocycles. The molecule has 2 unspecified atom stereocenters. The van der Waals surface area contributed by atoms with Gasteiger partial charge in [0.1, 0.15) is 0 Å². The first-order valence-corrected chi connectivity index (χ1v) is 13.0. The summed E-state index contributed by atoms with van der Waals surface area (Å²) in [5.41, 5.74) is 11.0. The molecule has 6 heteroatoms. The summed E-state index contributed by atoms with van der Waals surface area (Å²) in [5.74, 6) is -0.181. The molecule has 1 saturated heterocycles. The number of hydrogen-bond acceptors (Lipinski definition) is 6. The molecule has 1 aliphatic heterocycles. The van der Waals surface area contributed by atoms with Crippen LogP contribution in [0.25, 0.3) is 0 Å². The largest absolute Gasteiger partial charge is 0.466 e. The van der Waals surface area contributed by atoms with Crippen molar-refractivity contribution in [2.45, 2.75) is 64.3 Å². The minimum Gasteiger partial charge on any atom is -0.466 e. The van der Waals surface area contributed by atoms with E-state index < -0.39 is 0 Å². The third kappa shape index (κ3) is 6.57. The minimum atomic E-state index is -0.279. The first kappa shape index (κ1) is 25.1. The first-order chi connectivity index (χ1) is 17.0.